The first-order valence-electron chi connectivity index (χ1n) is 11.9. The number of carbonyl (C=O) groups excluding carboxylic acids is 2. The van der Waals surface area contributed by atoms with E-state index < -0.39 is 11.9 Å². The fourth-order valence-corrected chi connectivity index (χ4v) is 4.19. The number of piperidine rings is 1. The van der Waals surface area contributed by atoms with Crippen LogP contribution in [0.3, 0.4) is 0 Å². The zero-order valence-corrected chi connectivity index (χ0v) is 20.5. The van der Waals surface area contributed by atoms with Crippen molar-refractivity contribution in [2.45, 2.75) is 19.4 Å². The average molecular weight is 524 g/mol. The third kappa shape index (κ3) is 5.98. The molecule has 1 saturated heterocycles. The van der Waals surface area contributed by atoms with Crippen molar-refractivity contribution in [3.8, 4) is 5.75 Å². The quantitative estimate of drug-likeness (QED) is 0.181. The third-order valence-corrected chi connectivity index (χ3v) is 6.33. The number of ether oxygens (including phenoxy) is 1. The molecule has 38 heavy (non-hydrogen) atoms. The van der Waals surface area contributed by atoms with Crippen LogP contribution in [0.5, 0.6) is 5.75 Å². The summed E-state index contributed by atoms with van der Waals surface area (Å²) in [4.78, 5) is 47.6. The van der Waals surface area contributed by atoms with E-state index in [1.807, 2.05) is 4.90 Å². The lowest BCUT2D eigenvalue weighted by atomic mass is 9.97. The molecule has 2 aromatic heterocycles. The lowest BCUT2D eigenvalue weighted by molar-refractivity contribution is -0.118. The number of aromatic nitrogens is 3. The first-order chi connectivity index (χ1) is 18.3. The Balaban J connectivity index is 0.000000257. The van der Waals surface area contributed by atoms with E-state index >= 15 is 0 Å². The number of amides is 2. The maximum Gasteiger partial charge on any atom is 0.339 e. The first-order valence-corrected chi connectivity index (χ1v) is 11.9. The molecule has 4 heterocycles. The molecular formula is C24H29N9O5. The molecule has 0 aliphatic carbocycles. The van der Waals surface area contributed by atoms with Crippen LogP contribution in [0.1, 0.15) is 39.3 Å². The molecule has 5 rings (SSSR count). The highest BCUT2D eigenvalue weighted by Gasteiger charge is 2.20. The Hall–Kier alpha value is -4.72. The number of rotatable bonds is 5. The van der Waals surface area contributed by atoms with E-state index in [0.29, 0.717) is 17.4 Å². The van der Waals surface area contributed by atoms with Crippen molar-refractivity contribution in [3.05, 3.63) is 47.5 Å². The molecule has 0 unspecified atom stereocenters. The number of hydrogen-bond donors (Lipinski definition) is 7. The van der Waals surface area contributed by atoms with Gasteiger partial charge in [0.2, 0.25) is 0 Å². The van der Waals surface area contributed by atoms with Crippen LogP contribution in [0.15, 0.2) is 30.7 Å². The highest BCUT2D eigenvalue weighted by molar-refractivity contribution is 6.08. The van der Waals surface area contributed by atoms with Crippen molar-refractivity contribution in [1.82, 2.24) is 25.2 Å². The predicted octanol–water partition coefficient (Wildman–Crippen LogP) is 0.468. The zero-order chi connectivity index (χ0) is 27.2. The van der Waals surface area contributed by atoms with Crippen LogP contribution in [0.2, 0.25) is 0 Å². The van der Waals surface area contributed by atoms with E-state index in [9.17, 15) is 14.4 Å². The summed E-state index contributed by atoms with van der Waals surface area (Å²) in [6.07, 6.45) is 4.57. The number of guanidine groups is 1. The maximum absolute atomic E-state index is 12.5. The fraction of sp³-hybridized carbons (Fsp3) is 0.333. The molecule has 9 N–H and O–H groups in total. The van der Waals surface area contributed by atoms with Crippen molar-refractivity contribution in [3.63, 3.8) is 0 Å². The van der Waals surface area contributed by atoms with Crippen molar-refractivity contribution in [2.24, 2.45) is 17.4 Å². The van der Waals surface area contributed by atoms with Crippen LogP contribution in [0, 0.1) is 11.3 Å². The molecular weight excluding hydrogens is 494 g/mol. The molecule has 0 radical (unpaired) electrons. The summed E-state index contributed by atoms with van der Waals surface area (Å²) in [6, 6.07) is 5.19. The molecule has 3 aromatic rings. The number of fused-ring (bicyclic) bond motifs is 2. The maximum atomic E-state index is 12.5. The second-order valence-electron chi connectivity index (χ2n) is 8.85. The van der Waals surface area contributed by atoms with Crippen LogP contribution >= 0.6 is 0 Å². The second-order valence-corrected chi connectivity index (χ2v) is 8.85. The Labute approximate surface area is 217 Å². The Kier molecular flexibility index (Phi) is 8.01. The molecule has 0 spiro atoms. The van der Waals surface area contributed by atoms with Crippen LogP contribution in [-0.4, -0.2) is 74.9 Å². The van der Waals surface area contributed by atoms with Gasteiger partial charge in [-0.1, -0.05) is 6.07 Å². The van der Waals surface area contributed by atoms with E-state index in [1.165, 1.54) is 6.20 Å². The second kappa shape index (κ2) is 11.6. The Bertz CT molecular complexity index is 1360. The van der Waals surface area contributed by atoms with E-state index in [-0.39, 0.29) is 47.3 Å². The highest BCUT2D eigenvalue weighted by atomic mass is 16.5. The summed E-state index contributed by atoms with van der Waals surface area (Å²) >= 11 is 0. The van der Waals surface area contributed by atoms with Gasteiger partial charge in [0.1, 0.15) is 23.2 Å². The van der Waals surface area contributed by atoms with Gasteiger partial charge in [-0.2, -0.15) is 0 Å². The van der Waals surface area contributed by atoms with E-state index in [2.05, 4.69) is 25.6 Å². The number of benzene rings is 1. The molecule has 0 saturated carbocycles. The van der Waals surface area contributed by atoms with Gasteiger partial charge < -0.3 is 41.8 Å². The van der Waals surface area contributed by atoms with Gasteiger partial charge in [-0.15, -0.1) is 0 Å². The monoisotopic (exact) mass is 523 g/mol. The molecule has 2 aliphatic heterocycles. The summed E-state index contributed by atoms with van der Waals surface area (Å²) in [7, 11) is 0. The number of aromatic amines is 1. The number of H-pyrrole nitrogens is 1. The SMILES string of the molecule is N=C(N)N1CCC(CN)CC1.O=C1COc2ccc(CNC(=O)c3ncnc4c(C(=O)O)c[nH]c34)cc2N1. The van der Waals surface area contributed by atoms with Gasteiger partial charge in [-0.05, 0) is 43.0 Å². The van der Waals surface area contributed by atoms with Gasteiger partial charge in [0.05, 0.1) is 11.2 Å². The number of nitrogens with zero attached hydrogens (tertiary/aromatic N) is 3. The number of anilines is 1. The summed E-state index contributed by atoms with van der Waals surface area (Å²) in [6.45, 7) is 2.72. The molecule has 200 valence electrons. The van der Waals surface area contributed by atoms with Gasteiger partial charge in [0.15, 0.2) is 18.3 Å². The molecule has 14 heteroatoms. The molecule has 14 nitrogen and oxygen atoms in total. The zero-order valence-electron chi connectivity index (χ0n) is 20.5. The number of nitrogens with one attached hydrogen (secondary N) is 4. The van der Waals surface area contributed by atoms with Crippen LogP contribution in [0.4, 0.5) is 5.69 Å². The van der Waals surface area contributed by atoms with Gasteiger partial charge >= 0.3 is 5.97 Å². The van der Waals surface area contributed by atoms with Crippen LogP contribution in [-0.2, 0) is 11.3 Å². The molecule has 0 atom stereocenters. The Morgan fingerprint density at radius 3 is 2.71 bits per heavy atom. The van der Waals surface area contributed by atoms with Crippen molar-refractivity contribution in [2.75, 3.05) is 31.6 Å². The fourth-order valence-electron chi connectivity index (χ4n) is 4.19. The van der Waals surface area contributed by atoms with E-state index in [0.717, 1.165) is 44.4 Å². The number of likely N-dealkylation sites (tertiary alicyclic amines) is 1. The lowest BCUT2D eigenvalue weighted by Gasteiger charge is -2.31. The number of carboxylic acid groups (broad SMARTS) is 1. The average Bonchev–Trinajstić information content (AvgIpc) is 3.36. The van der Waals surface area contributed by atoms with Crippen molar-refractivity contribution >= 4 is 40.5 Å². The normalized spacial score (nSPS) is 15.0. The minimum atomic E-state index is -1.15. The van der Waals surface area contributed by atoms with E-state index in [4.69, 9.17) is 26.7 Å². The Morgan fingerprint density at radius 2 is 2.03 bits per heavy atom. The number of aromatic carboxylic acids is 1. The summed E-state index contributed by atoms with van der Waals surface area (Å²) < 4.78 is 5.29. The predicted molar refractivity (Wildman–Crippen MR) is 138 cm³/mol. The minimum absolute atomic E-state index is 0.0265. The third-order valence-electron chi connectivity index (χ3n) is 6.33. The number of carboxylic acids is 1. The van der Waals surface area contributed by atoms with Gasteiger partial charge in [-0.3, -0.25) is 15.0 Å². The summed E-state index contributed by atoms with van der Waals surface area (Å²) in [5.74, 6) is -0.474. The smallest absolute Gasteiger partial charge is 0.339 e. The standard InChI is InChI=1S/C17H13N5O5.C7H16N4/c23-12-6-27-11-2-1-8(3-10(11)22-12)4-19-16(24)15-14-13(20-7-21-15)9(5-18-14)17(25)26;8-5-6-1-3-11(4-2-6)7(9)10/h1-3,5,7,18H,4,6H2,(H,19,24)(H,22,23)(H,25,26);6H,1-5,8H2,(H3,9,10). The van der Waals surface area contributed by atoms with Crippen molar-refractivity contribution in [1.29, 1.82) is 5.41 Å². The molecule has 1 fully saturated rings. The minimum Gasteiger partial charge on any atom is -0.482 e. The van der Waals surface area contributed by atoms with Crippen LogP contribution < -0.4 is 26.8 Å². The first kappa shape index (κ1) is 26.3. The number of nitrogens with two attached hydrogens (primary N) is 2. The summed E-state index contributed by atoms with van der Waals surface area (Å²) in [5.41, 5.74) is 12.6. The molecule has 0 bridgehead atoms. The van der Waals surface area contributed by atoms with Crippen LogP contribution in [0.25, 0.3) is 11.0 Å². The molecule has 2 aliphatic rings. The van der Waals surface area contributed by atoms with E-state index in [1.54, 1.807) is 18.2 Å². The number of carbonyl (C=O) groups is 3. The van der Waals surface area contributed by atoms with Gasteiger partial charge in [-0.25, -0.2) is 14.8 Å². The topological polar surface area (TPSA) is 225 Å². The van der Waals surface area contributed by atoms with Gasteiger partial charge in [0, 0.05) is 25.8 Å². The molecule has 2 amide bonds. The highest BCUT2D eigenvalue weighted by Crippen LogP contribution is 2.28. The molecule has 1 aromatic carbocycles. The Morgan fingerprint density at radius 1 is 1.26 bits per heavy atom. The van der Waals surface area contributed by atoms with Gasteiger partial charge in [0.25, 0.3) is 11.8 Å². The number of hydrogen-bond acceptors (Lipinski definition) is 8. The lowest BCUT2D eigenvalue weighted by Crippen LogP contribution is -2.43. The largest absolute Gasteiger partial charge is 0.482 e. The summed E-state index contributed by atoms with van der Waals surface area (Å²) in [5, 5.41) is 21.7. The van der Waals surface area contributed by atoms with Crippen molar-refractivity contribution < 1.29 is 24.2 Å².